The molecule has 0 saturated heterocycles. The molecule has 0 aliphatic heterocycles. The largest absolute Gasteiger partial charge is 0.394 e. The fourth-order valence-corrected chi connectivity index (χ4v) is 0.671. The third-order valence-electron chi connectivity index (χ3n) is 1.38. The number of aliphatic hydroxyl groups is 2. The van der Waals surface area contributed by atoms with Crippen LogP contribution in [-0.4, -0.2) is 63.1 Å². The van der Waals surface area contributed by atoms with Gasteiger partial charge in [-0.3, -0.25) is 0 Å². The van der Waals surface area contributed by atoms with Gasteiger partial charge in [0.1, 0.15) is 0 Å². The Morgan fingerprint density at radius 2 is 0.941 bits per heavy atom. The molecule has 0 heterocycles. The summed E-state index contributed by atoms with van der Waals surface area (Å²) in [6.07, 6.45) is 3.28. The van der Waals surface area contributed by atoms with Gasteiger partial charge in [0.2, 0.25) is 0 Å². The zero-order valence-electron chi connectivity index (χ0n) is 10.3. The predicted octanol–water partition coefficient (Wildman–Crippen LogP) is 0.379. The van der Waals surface area contributed by atoms with Crippen LogP contribution in [0.4, 0.5) is 0 Å². The minimum atomic E-state index is 0.0413. The molecule has 5 nitrogen and oxygen atoms in total. The van der Waals surface area contributed by atoms with Gasteiger partial charge in [-0.15, -0.1) is 0 Å². The monoisotopic (exact) mass is 248 g/mol. The number of hydrogen-bond acceptors (Lipinski definition) is 5. The van der Waals surface area contributed by atoms with Gasteiger partial charge in [0, 0.05) is 0 Å². The van der Waals surface area contributed by atoms with Crippen LogP contribution < -0.4 is 0 Å². The van der Waals surface area contributed by atoms with E-state index in [-0.39, 0.29) is 13.2 Å². The SMILES string of the molecule is C=CC=C.OCCOCCOCCOCCO. The van der Waals surface area contributed by atoms with E-state index in [2.05, 4.69) is 13.2 Å². The lowest BCUT2D eigenvalue weighted by Crippen LogP contribution is -2.11. The van der Waals surface area contributed by atoms with Crippen molar-refractivity contribution in [2.45, 2.75) is 0 Å². The van der Waals surface area contributed by atoms with E-state index in [9.17, 15) is 0 Å². The zero-order chi connectivity index (χ0) is 13.2. The lowest BCUT2D eigenvalue weighted by Gasteiger charge is -2.04. The van der Waals surface area contributed by atoms with Crippen LogP contribution in [0.3, 0.4) is 0 Å². The third-order valence-corrected chi connectivity index (χ3v) is 1.38. The van der Waals surface area contributed by atoms with Crippen LogP contribution in [0.2, 0.25) is 0 Å². The van der Waals surface area contributed by atoms with E-state index in [1.165, 1.54) is 0 Å². The lowest BCUT2D eigenvalue weighted by molar-refractivity contribution is 0.00230. The molecule has 5 heteroatoms. The van der Waals surface area contributed by atoms with Crippen molar-refractivity contribution in [2.24, 2.45) is 0 Å². The zero-order valence-corrected chi connectivity index (χ0v) is 10.3. The van der Waals surface area contributed by atoms with Crippen molar-refractivity contribution in [3.05, 3.63) is 25.3 Å². The van der Waals surface area contributed by atoms with Crippen LogP contribution in [0, 0.1) is 0 Å². The van der Waals surface area contributed by atoms with E-state index in [1.54, 1.807) is 12.2 Å². The lowest BCUT2D eigenvalue weighted by atomic mass is 10.6. The van der Waals surface area contributed by atoms with Crippen molar-refractivity contribution >= 4 is 0 Å². The Labute approximate surface area is 103 Å². The van der Waals surface area contributed by atoms with Crippen LogP contribution >= 0.6 is 0 Å². The summed E-state index contributed by atoms with van der Waals surface area (Å²) >= 11 is 0. The molecule has 0 aromatic rings. The Hall–Kier alpha value is -0.720. The van der Waals surface area contributed by atoms with Gasteiger partial charge in [-0.1, -0.05) is 25.3 Å². The molecule has 17 heavy (non-hydrogen) atoms. The summed E-state index contributed by atoms with van der Waals surface area (Å²) in [6.45, 7) is 9.49. The minimum absolute atomic E-state index is 0.0413. The number of rotatable bonds is 11. The van der Waals surface area contributed by atoms with E-state index < -0.39 is 0 Å². The maximum Gasteiger partial charge on any atom is 0.0701 e. The molecule has 0 radical (unpaired) electrons. The number of ether oxygens (including phenoxy) is 3. The first-order valence-corrected chi connectivity index (χ1v) is 5.51. The summed E-state index contributed by atoms with van der Waals surface area (Å²) in [6, 6.07) is 0. The summed E-state index contributed by atoms with van der Waals surface area (Å²) < 4.78 is 15.0. The van der Waals surface area contributed by atoms with Crippen molar-refractivity contribution in [1.82, 2.24) is 0 Å². The first-order chi connectivity index (χ1) is 8.33. The molecule has 0 amide bonds. The van der Waals surface area contributed by atoms with Gasteiger partial charge in [-0.2, -0.15) is 0 Å². The highest BCUT2D eigenvalue weighted by Crippen LogP contribution is 1.80. The highest BCUT2D eigenvalue weighted by atomic mass is 16.5. The maximum atomic E-state index is 8.36. The molecular weight excluding hydrogens is 224 g/mol. The fraction of sp³-hybridized carbons (Fsp3) is 0.667. The average Bonchev–Trinajstić information content (AvgIpc) is 2.37. The van der Waals surface area contributed by atoms with Crippen LogP contribution in [-0.2, 0) is 14.2 Å². The van der Waals surface area contributed by atoms with Crippen molar-refractivity contribution < 1.29 is 24.4 Å². The van der Waals surface area contributed by atoms with Gasteiger partial charge in [-0.05, 0) is 0 Å². The second-order valence-corrected chi connectivity index (χ2v) is 2.76. The first-order valence-electron chi connectivity index (χ1n) is 5.51. The van der Waals surface area contributed by atoms with E-state index >= 15 is 0 Å². The molecule has 0 spiro atoms. The third kappa shape index (κ3) is 25.5. The minimum Gasteiger partial charge on any atom is -0.394 e. The Morgan fingerprint density at radius 3 is 1.18 bits per heavy atom. The van der Waals surface area contributed by atoms with Crippen molar-refractivity contribution in [3.63, 3.8) is 0 Å². The predicted molar refractivity (Wildman–Crippen MR) is 67.0 cm³/mol. The molecule has 0 rings (SSSR count). The Balaban J connectivity index is 0. The molecule has 0 bridgehead atoms. The Bertz CT molecular complexity index is 134. The number of aliphatic hydroxyl groups excluding tert-OH is 2. The smallest absolute Gasteiger partial charge is 0.0701 e. The van der Waals surface area contributed by atoms with E-state index in [4.69, 9.17) is 24.4 Å². The molecular formula is C12H24O5. The molecule has 2 N–H and O–H groups in total. The highest BCUT2D eigenvalue weighted by molar-refractivity contribution is 4.88. The Morgan fingerprint density at radius 1 is 0.647 bits per heavy atom. The second-order valence-electron chi connectivity index (χ2n) is 2.76. The Kier molecular flexibility index (Phi) is 22.7. The number of allylic oxidation sites excluding steroid dienone is 2. The quantitative estimate of drug-likeness (QED) is 0.409. The van der Waals surface area contributed by atoms with Gasteiger partial charge in [0.15, 0.2) is 0 Å². The second kappa shape index (κ2) is 20.7. The van der Waals surface area contributed by atoms with Crippen molar-refractivity contribution in [2.75, 3.05) is 52.9 Å². The molecule has 0 aromatic carbocycles. The van der Waals surface area contributed by atoms with Crippen LogP contribution in [0.15, 0.2) is 25.3 Å². The van der Waals surface area contributed by atoms with E-state index in [1.807, 2.05) is 0 Å². The van der Waals surface area contributed by atoms with Crippen LogP contribution in [0.5, 0.6) is 0 Å². The summed E-state index contributed by atoms with van der Waals surface area (Å²) in [7, 11) is 0. The average molecular weight is 248 g/mol. The van der Waals surface area contributed by atoms with Crippen molar-refractivity contribution in [3.8, 4) is 0 Å². The van der Waals surface area contributed by atoms with Crippen LogP contribution in [0.25, 0.3) is 0 Å². The summed E-state index contributed by atoms with van der Waals surface area (Å²) in [5.41, 5.74) is 0. The molecule has 0 fully saturated rings. The van der Waals surface area contributed by atoms with Gasteiger partial charge < -0.3 is 24.4 Å². The van der Waals surface area contributed by atoms with Gasteiger partial charge in [0.25, 0.3) is 0 Å². The molecule has 0 atom stereocenters. The normalized spacial score (nSPS) is 9.29. The summed E-state index contributed by atoms with van der Waals surface area (Å²) in [4.78, 5) is 0. The molecule has 0 aliphatic rings. The van der Waals surface area contributed by atoms with Gasteiger partial charge in [-0.25, -0.2) is 0 Å². The van der Waals surface area contributed by atoms with Gasteiger partial charge in [0.05, 0.1) is 52.9 Å². The fourth-order valence-electron chi connectivity index (χ4n) is 0.671. The summed E-state index contributed by atoms with van der Waals surface area (Å²) in [5.74, 6) is 0. The molecule has 0 aliphatic carbocycles. The van der Waals surface area contributed by atoms with Crippen LogP contribution in [0.1, 0.15) is 0 Å². The van der Waals surface area contributed by atoms with Crippen molar-refractivity contribution in [1.29, 1.82) is 0 Å². The highest BCUT2D eigenvalue weighted by Gasteiger charge is 1.89. The van der Waals surface area contributed by atoms with E-state index in [0.717, 1.165) is 0 Å². The molecule has 0 unspecified atom stereocenters. The first kappa shape index (κ1) is 18.6. The number of hydrogen-bond donors (Lipinski definition) is 2. The topological polar surface area (TPSA) is 68.2 Å². The molecule has 102 valence electrons. The van der Waals surface area contributed by atoms with E-state index in [0.29, 0.717) is 39.6 Å². The maximum absolute atomic E-state index is 8.36. The summed E-state index contributed by atoms with van der Waals surface area (Å²) in [5, 5.41) is 16.7. The molecule has 0 saturated carbocycles. The van der Waals surface area contributed by atoms with Gasteiger partial charge >= 0.3 is 0 Å². The standard InChI is InChI=1S/C8H18O5.C4H6/c9-1-3-11-5-7-13-8-6-12-4-2-10;1-3-4-2/h9-10H,1-8H2;3-4H,1-2H2. The molecule has 0 aromatic heterocycles.